The summed E-state index contributed by atoms with van der Waals surface area (Å²) in [6.07, 6.45) is 18.1. The zero-order chi connectivity index (χ0) is 18.0. The van der Waals surface area contributed by atoms with Crippen molar-refractivity contribution in [3.63, 3.8) is 0 Å². The van der Waals surface area contributed by atoms with E-state index in [0.717, 1.165) is 12.8 Å². The fourth-order valence-corrected chi connectivity index (χ4v) is 3.02. The molecule has 0 rings (SSSR count). The van der Waals surface area contributed by atoms with E-state index in [1.807, 2.05) is 0 Å². The van der Waals surface area contributed by atoms with Gasteiger partial charge in [0.05, 0.1) is 13.2 Å². The maximum atomic E-state index is 11.2. The van der Waals surface area contributed by atoms with Gasteiger partial charge in [0.15, 0.2) is 0 Å². The quantitative estimate of drug-likeness (QED) is 0.296. The molecule has 0 saturated heterocycles. The van der Waals surface area contributed by atoms with Gasteiger partial charge in [-0.3, -0.25) is 4.79 Å². The van der Waals surface area contributed by atoms with Crippen LogP contribution >= 0.6 is 0 Å². The zero-order valence-electron chi connectivity index (χ0n) is 16.1. The normalized spacial score (nSPS) is 13.7. The van der Waals surface area contributed by atoms with Gasteiger partial charge in [-0.15, -0.1) is 0 Å². The fourth-order valence-electron chi connectivity index (χ4n) is 3.02. The molecule has 2 atom stereocenters. The number of unbranched alkanes of at least 4 members (excludes halogenated alkanes) is 13. The van der Waals surface area contributed by atoms with Gasteiger partial charge in [0.25, 0.3) is 0 Å². The molecule has 0 heterocycles. The van der Waals surface area contributed by atoms with Crippen molar-refractivity contribution in [3.05, 3.63) is 0 Å². The third kappa shape index (κ3) is 13.8. The van der Waals surface area contributed by atoms with Gasteiger partial charge in [-0.25, -0.2) is 0 Å². The van der Waals surface area contributed by atoms with E-state index in [9.17, 15) is 9.90 Å². The smallest absolute Gasteiger partial charge is 0.325 e. The molecular formula is C20H41NO3. The van der Waals surface area contributed by atoms with Crippen molar-refractivity contribution in [2.45, 2.75) is 115 Å². The Morgan fingerprint density at radius 3 is 1.58 bits per heavy atom. The first-order chi connectivity index (χ1) is 11.6. The molecule has 0 aliphatic carbocycles. The average Bonchev–Trinajstić information content (AvgIpc) is 2.60. The summed E-state index contributed by atoms with van der Waals surface area (Å²) in [5.41, 5.74) is 5.60. The van der Waals surface area contributed by atoms with Crippen LogP contribution in [0.3, 0.4) is 0 Å². The zero-order valence-corrected chi connectivity index (χ0v) is 16.1. The van der Waals surface area contributed by atoms with E-state index in [1.165, 1.54) is 84.2 Å². The minimum atomic E-state index is -0.906. The number of aliphatic hydroxyl groups is 1. The molecule has 0 saturated carbocycles. The van der Waals surface area contributed by atoms with Crippen LogP contribution in [0.25, 0.3) is 0 Å². The van der Waals surface area contributed by atoms with Crippen molar-refractivity contribution in [2.75, 3.05) is 7.11 Å². The number of methoxy groups -OCH3 is 1. The Morgan fingerprint density at radius 2 is 1.21 bits per heavy atom. The summed E-state index contributed by atoms with van der Waals surface area (Å²) in [5.74, 6) is -0.534. The van der Waals surface area contributed by atoms with Gasteiger partial charge < -0.3 is 15.6 Å². The van der Waals surface area contributed by atoms with Crippen molar-refractivity contribution in [3.8, 4) is 0 Å². The Kier molecular flexibility index (Phi) is 16.8. The number of carbonyl (C=O) groups excluding carboxylic acids is 1. The third-order valence-electron chi connectivity index (χ3n) is 4.74. The second-order valence-electron chi connectivity index (χ2n) is 7.00. The van der Waals surface area contributed by atoms with E-state index in [2.05, 4.69) is 11.7 Å². The van der Waals surface area contributed by atoms with Gasteiger partial charge in [-0.1, -0.05) is 96.8 Å². The lowest BCUT2D eigenvalue weighted by atomic mass is 10.0. The molecule has 2 unspecified atom stereocenters. The molecule has 0 aromatic rings. The number of hydrogen-bond donors (Lipinski definition) is 2. The van der Waals surface area contributed by atoms with Crippen molar-refractivity contribution in [1.82, 2.24) is 0 Å². The molecule has 24 heavy (non-hydrogen) atoms. The van der Waals surface area contributed by atoms with Crippen LogP contribution in [-0.2, 0) is 9.53 Å². The highest BCUT2D eigenvalue weighted by Crippen LogP contribution is 2.14. The lowest BCUT2D eigenvalue weighted by Crippen LogP contribution is -2.42. The Bertz CT molecular complexity index is 284. The maximum absolute atomic E-state index is 11.2. The summed E-state index contributed by atoms with van der Waals surface area (Å²) >= 11 is 0. The highest BCUT2D eigenvalue weighted by Gasteiger charge is 2.22. The van der Waals surface area contributed by atoms with Crippen molar-refractivity contribution < 1.29 is 14.6 Å². The van der Waals surface area contributed by atoms with Crippen LogP contribution in [0.2, 0.25) is 0 Å². The number of carbonyl (C=O) groups is 1. The minimum Gasteiger partial charge on any atom is -0.468 e. The van der Waals surface area contributed by atoms with Crippen LogP contribution in [0.4, 0.5) is 0 Å². The number of ether oxygens (including phenoxy) is 1. The molecule has 4 heteroatoms. The number of nitrogens with two attached hydrogens (primary N) is 1. The predicted molar refractivity (Wildman–Crippen MR) is 101 cm³/mol. The first-order valence-electron chi connectivity index (χ1n) is 10.1. The lowest BCUT2D eigenvalue weighted by molar-refractivity contribution is -0.145. The van der Waals surface area contributed by atoms with Crippen LogP contribution in [0.1, 0.15) is 103 Å². The molecule has 0 spiro atoms. The van der Waals surface area contributed by atoms with E-state index >= 15 is 0 Å². The summed E-state index contributed by atoms with van der Waals surface area (Å²) in [6, 6.07) is -0.906. The number of rotatable bonds is 17. The molecule has 144 valence electrons. The fraction of sp³-hybridized carbons (Fsp3) is 0.950. The summed E-state index contributed by atoms with van der Waals surface area (Å²) in [7, 11) is 1.29. The molecule has 0 aliphatic rings. The number of aliphatic hydroxyl groups excluding tert-OH is 1. The summed E-state index contributed by atoms with van der Waals surface area (Å²) in [5, 5.41) is 9.78. The Balaban J connectivity index is 3.24. The van der Waals surface area contributed by atoms with Gasteiger partial charge >= 0.3 is 5.97 Å². The largest absolute Gasteiger partial charge is 0.468 e. The van der Waals surface area contributed by atoms with Gasteiger partial charge in [-0.05, 0) is 6.42 Å². The molecule has 0 bridgehead atoms. The Morgan fingerprint density at radius 1 is 0.833 bits per heavy atom. The van der Waals surface area contributed by atoms with Crippen LogP contribution in [0.5, 0.6) is 0 Å². The van der Waals surface area contributed by atoms with Crippen LogP contribution in [-0.4, -0.2) is 30.3 Å². The monoisotopic (exact) mass is 343 g/mol. The molecule has 0 aliphatic heterocycles. The molecule has 0 amide bonds. The molecule has 0 radical (unpaired) electrons. The average molecular weight is 344 g/mol. The second-order valence-corrected chi connectivity index (χ2v) is 7.00. The highest BCUT2D eigenvalue weighted by atomic mass is 16.5. The standard InChI is InChI=1S/C20H41NO3/c1-3-4-5-6-7-8-9-10-11-12-13-14-15-16-17-18(22)19(21)20(23)24-2/h18-19,22H,3-17,21H2,1-2H3. The summed E-state index contributed by atoms with van der Waals surface area (Å²) in [6.45, 7) is 2.26. The van der Waals surface area contributed by atoms with E-state index in [1.54, 1.807) is 0 Å². The molecule has 0 aromatic carbocycles. The summed E-state index contributed by atoms with van der Waals surface area (Å²) < 4.78 is 4.53. The van der Waals surface area contributed by atoms with Crippen LogP contribution in [0, 0.1) is 0 Å². The Hall–Kier alpha value is -0.610. The van der Waals surface area contributed by atoms with E-state index in [-0.39, 0.29) is 0 Å². The van der Waals surface area contributed by atoms with Gasteiger partial charge in [0, 0.05) is 0 Å². The first kappa shape index (κ1) is 23.4. The van der Waals surface area contributed by atoms with Gasteiger partial charge in [-0.2, -0.15) is 0 Å². The van der Waals surface area contributed by atoms with Crippen molar-refractivity contribution in [2.24, 2.45) is 5.73 Å². The van der Waals surface area contributed by atoms with E-state index in [0.29, 0.717) is 6.42 Å². The molecular weight excluding hydrogens is 302 g/mol. The van der Waals surface area contributed by atoms with Gasteiger partial charge in [0.1, 0.15) is 6.04 Å². The van der Waals surface area contributed by atoms with Crippen molar-refractivity contribution in [1.29, 1.82) is 0 Å². The third-order valence-corrected chi connectivity index (χ3v) is 4.74. The van der Waals surface area contributed by atoms with Crippen molar-refractivity contribution >= 4 is 5.97 Å². The molecule has 3 N–H and O–H groups in total. The van der Waals surface area contributed by atoms with E-state index < -0.39 is 18.1 Å². The van der Waals surface area contributed by atoms with Crippen LogP contribution < -0.4 is 5.73 Å². The molecule has 0 aromatic heterocycles. The SMILES string of the molecule is CCCCCCCCCCCCCCCCC(O)C(N)C(=O)OC. The number of hydrogen-bond acceptors (Lipinski definition) is 4. The van der Waals surface area contributed by atoms with Gasteiger partial charge in [0.2, 0.25) is 0 Å². The molecule has 4 nitrogen and oxygen atoms in total. The van der Waals surface area contributed by atoms with Crippen LogP contribution in [0.15, 0.2) is 0 Å². The molecule has 0 fully saturated rings. The summed E-state index contributed by atoms with van der Waals surface area (Å²) in [4.78, 5) is 11.2. The maximum Gasteiger partial charge on any atom is 0.325 e. The minimum absolute atomic E-state index is 0.534. The number of esters is 1. The van der Waals surface area contributed by atoms with E-state index in [4.69, 9.17) is 5.73 Å². The highest BCUT2D eigenvalue weighted by molar-refractivity contribution is 5.75. The second kappa shape index (κ2) is 17.2. The predicted octanol–water partition coefficient (Wildman–Crippen LogP) is 4.72. The Labute approximate surface area is 149 Å². The first-order valence-corrected chi connectivity index (χ1v) is 10.1. The topological polar surface area (TPSA) is 72.5 Å². The lowest BCUT2D eigenvalue weighted by Gasteiger charge is -2.16.